The Balaban J connectivity index is 1.90. The van der Waals surface area contributed by atoms with Gasteiger partial charge in [-0.05, 0) is 24.3 Å². The van der Waals surface area contributed by atoms with E-state index in [-0.39, 0.29) is 11.4 Å². The first-order valence-electron chi connectivity index (χ1n) is 6.76. The molecule has 0 aliphatic rings. The van der Waals surface area contributed by atoms with Crippen LogP contribution in [-0.4, -0.2) is 29.4 Å². The molecule has 0 unspecified atom stereocenters. The quantitative estimate of drug-likeness (QED) is 0.809. The summed E-state index contributed by atoms with van der Waals surface area (Å²) >= 11 is 0. The fourth-order valence-corrected chi connectivity index (χ4v) is 2.10. The molecule has 0 saturated heterocycles. The average Bonchev–Trinajstić information content (AvgIpc) is 2.92. The van der Waals surface area contributed by atoms with Crippen LogP contribution in [0.15, 0.2) is 48.8 Å². The van der Waals surface area contributed by atoms with Gasteiger partial charge in [-0.1, -0.05) is 12.1 Å². The van der Waals surface area contributed by atoms with E-state index in [0.29, 0.717) is 5.65 Å². The van der Waals surface area contributed by atoms with E-state index in [2.05, 4.69) is 10.3 Å². The average molecular weight is 298 g/mol. The van der Waals surface area contributed by atoms with E-state index < -0.39 is 11.7 Å². The molecule has 0 aliphatic heterocycles. The van der Waals surface area contributed by atoms with Crippen LogP contribution >= 0.6 is 0 Å². The second kappa shape index (κ2) is 5.48. The van der Waals surface area contributed by atoms with Crippen molar-refractivity contribution in [3.63, 3.8) is 0 Å². The van der Waals surface area contributed by atoms with E-state index in [9.17, 15) is 9.18 Å². The normalized spacial score (nSPS) is 10.7. The van der Waals surface area contributed by atoms with Gasteiger partial charge in [0.05, 0.1) is 11.4 Å². The number of aromatic nitrogens is 2. The monoisotopic (exact) mass is 298 g/mol. The third-order valence-electron chi connectivity index (χ3n) is 3.31. The van der Waals surface area contributed by atoms with Crippen molar-refractivity contribution in [2.75, 3.05) is 24.3 Å². The number of hydrogen-bond acceptors (Lipinski definition) is 3. The van der Waals surface area contributed by atoms with E-state index in [4.69, 9.17) is 0 Å². The lowest BCUT2D eigenvalue weighted by atomic mass is 10.3. The van der Waals surface area contributed by atoms with Gasteiger partial charge in [-0.15, -0.1) is 0 Å². The van der Waals surface area contributed by atoms with Gasteiger partial charge in [-0.3, -0.25) is 4.79 Å². The van der Waals surface area contributed by atoms with Crippen molar-refractivity contribution in [1.82, 2.24) is 9.38 Å². The van der Waals surface area contributed by atoms with Crippen LogP contribution in [0.1, 0.15) is 10.5 Å². The van der Waals surface area contributed by atoms with Gasteiger partial charge in [-0.2, -0.15) is 0 Å². The zero-order chi connectivity index (χ0) is 15.7. The van der Waals surface area contributed by atoms with E-state index in [1.807, 2.05) is 37.3 Å². The van der Waals surface area contributed by atoms with Gasteiger partial charge in [0.25, 0.3) is 5.91 Å². The molecule has 0 atom stereocenters. The summed E-state index contributed by atoms with van der Waals surface area (Å²) in [7, 11) is 3.87. The first-order valence-corrected chi connectivity index (χ1v) is 6.76. The van der Waals surface area contributed by atoms with Crippen LogP contribution in [0.2, 0.25) is 0 Å². The molecule has 3 aromatic rings. The summed E-state index contributed by atoms with van der Waals surface area (Å²) in [5.41, 5.74) is 2.02. The van der Waals surface area contributed by atoms with Crippen LogP contribution < -0.4 is 10.2 Å². The minimum atomic E-state index is -0.477. The van der Waals surface area contributed by atoms with Crippen molar-refractivity contribution < 1.29 is 9.18 Å². The number of pyridine rings is 1. The molecule has 0 spiro atoms. The second-order valence-electron chi connectivity index (χ2n) is 5.11. The van der Waals surface area contributed by atoms with Gasteiger partial charge in [0, 0.05) is 26.5 Å². The Morgan fingerprint density at radius 2 is 1.95 bits per heavy atom. The summed E-state index contributed by atoms with van der Waals surface area (Å²) in [4.78, 5) is 18.4. The summed E-state index contributed by atoms with van der Waals surface area (Å²) in [5.74, 6) is -0.922. The highest BCUT2D eigenvalue weighted by Crippen LogP contribution is 2.16. The number of imidazole rings is 1. The first-order chi connectivity index (χ1) is 10.5. The van der Waals surface area contributed by atoms with Crippen LogP contribution in [0.5, 0.6) is 0 Å². The number of halogens is 1. The van der Waals surface area contributed by atoms with Crippen LogP contribution in [0, 0.1) is 5.82 Å². The Hall–Kier alpha value is -2.89. The van der Waals surface area contributed by atoms with Gasteiger partial charge < -0.3 is 14.6 Å². The van der Waals surface area contributed by atoms with E-state index in [0.717, 1.165) is 5.69 Å². The number of amides is 1. The zero-order valence-electron chi connectivity index (χ0n) is 12.2. The molecule has 112 valence electrons. The Labute approximate surface area is 127 Å². The molecule has 1 N–H and O–H groups in total. The van der Waals surface area contributed by atoms with Crippen molar-refractivity contribution in [3.05, 3.63) is 60.3 Å². The smallest absolute Gasteiger partial charge is 0.275 e. The highest BCUT2D eigenvalue weighted by Gasteiger charge is 2.13. The lowest BCUT2D eigenvalue weighted by Gasteiger charge is -2.11. The maximum absolute atomic E-state index is 13.6. The molecule has 0 fully saturated rings. The van der Waals surface area contributed by atoms with Gasteiger partial charge in [0.2, 0.25) is 0 Å². The molecular formula is C16H15FN4O. The summed E-state index contributed by atoms with van der Waals surface area (Å²) in [6.07, 6.45) is 3.50. The van der Waals surface area contributed by atoms with Gasteiger partial charge in [0.15, 0.2) is 0 Å². The molecule has 0 bridgehead atoms. The van der Waals surface area contributed by atoms with Crippen LogP contribution in [0.25, 0.3) is 5.65 Å². The standard InChI is InChI=1S/C16H15FN4O/c1-20(2)11-7-8-15-18-14(10-21(15)9-11)16(22)19-13-6-4-3-5-12(13)17/h3-10H,1-2H3,(H,19,22). The fourth-order valence-electron chi connectivity index (χ4n) is 2.10. The Morgan fingerprint density at radius 1 is 1.18 bits per heavy atom. The summed E-state index contributed by atoms with van der Waals surface area (Å²) in [6, 6.07) is 9.77. The lowest BCUT2D eigenvalue weighted by molar-refractivity contribution is 0.102. The number of carbonyl (C=O) groups is 1. The Morgan fingerprint density at radius 3 is 2.68 bits per heavy atom. The van der Waals surface area contributed by atoms with Crippen molar-refractivity contribution >= 4 is 22.9 Å². The van der Waals surface area contributed by atoms with Crippen molar-refractivity contribution in [3.8, 4) is 0 Å². The largest absolute Gasteiger partial charge is 0.376 e. The van der Waals surface area contributed by atoms with E-state index in [1.165, 1.54) is 12.1 Å². The number of fused-ring (bicyclic) bond motifs is 1. The number of rotatable bonds is 3. The molecule has 0 aliphatic carbocycles. The number of hydrogen-bond donors (Lipinski definition) is 1. The third-order valence-corrected chi connectivity index (χ3v) is 3.31. The Bertz CT molecular complexity index is 841. The van der Waals surface area contributed by atoms with Crippen LogP contribution in [0.3, 0.4) is 0 Å². The highest BCUT2D eigenvalue weighted by molar-refractivity contribution is 6.03. The lowest BCUT2D eigenvalue weighted by Crippen LogP contribution is -2.13. The number of nitrogens with zero attached hydrogens (tertiary/aromatic N) is 3. The van der Waals surface area contributed by atoms with Crippen molar-refractivity contribution in [1.29, 1.82) is 0 Å². The number of nitrogens with one attached hydrogen (secondary N) is 1. The third kappa shape index (κ3) is 2.63. The highest BCUT2D eigenvalue weighted by atomic mass is 19.1. The molecule has 0 saturated carbocycles. The van der Waals surface area contributed by atoms with Crippen LogP contribution in [-0.2, 0) is 0 Å². The van der Waals surface area contributed by atoms with Crippen molar-refractivity contribution in [2.45, 2.75) is 0 Å². The molecule has 22 heavy (non-hydrogen) atoms. The minimum Gasteiger partial charge on any atom is -0.376 e. The number of para-hydroxylation sites is 1. The minimum absolute atomic E-state index is 0.138. The predicted molar refractivity (Wildman–Crippen MR) is 83.9 cm³/mol. The van der Waals surface area contributed by atoms with E-state index in [1.54, 1.807) is 22.7 Å². The van der Waals surface area contributed by atoms with Gasteiger partial charge in [0.1, 0.15) is 17.2 Å². The summed E-state index contributed by atoms with van der Waals surface area (Å²) in [5, 5.41) is 2.52. The molecule has 2 heterocycles. The van der Waals surface area contributed by atoms with Crippen LogP contribution in [0.4, 0.5) is 15.8 Å². The van der Waals surface area contributed by atoms with Gasteiger partial charge >= 0.3 is 0 Å². The number of benzene rings is 1. The predicted octanol–water partition coefficient (Wildman–Crippen LogP) is 2.79. The molecule has 5 nitrogen and oxygen atoms in total. The molecule has 1 aromatic carbocycles. The summed E-state index contributed by atoms with van der Waals surface area (Å²) in [6.45, 7) is 0. The number of anilines is 2. The number of carbonyl (C=O) groups excluding carboxylic acids is 1. The van der Waals surface area contributed by atoms with Gasteiger partial charge in [-0.25, -0.2) is 9.37 Å². The van der Waals surface area contributed by atoms with Crippen molar-refractivity contribution in [2.24, 2.45) is 0 Å². The molecule has 0 radical (unpaired) electrons. The van der Waals surface area contributed by atoms with E-state index >= 15 is 0 Å². The second-order valence-corrected chi connectivity index (χ2v) is 5.11. The Kier molecular flexibility index (Phi) is 3.50. The summed E-state index contributed by atoms with van der Waals surface area (Å²) < 4.78 is 15.3. The molecule has 6 heteroatoms. The molecule has 2 aromatic heterocycles. The SMILES string of the molecule is CN(C)c1ccc2nc(C(=O)Nc3ccccc3F)cn2c1. The molecule has 3 rings (SSSR count). The zero-order valence-corrected chi connectivity index (χ0v) is 12.2. The maximum atomic E-state index is 13.6. The molecule has 1 amide bonds. The maximum Gasteiger partial charge on any atom is 0.275 e. The molecular weight excluding hydrogens is 283 g/mol. The first kappa shape index (κ1) is 14.1. The topological polar surface area (TPSA) is 49.6 Å². The fraction of sp³-hybridized carbons (Fsp3) is 0.125.